The number of pyridine rings is 1. The summed E-state index contributed by atoms with van der Waals surface area (Å²) in [7, 11) is 1.67. The maximum atomic E-state index is 12.7. The molecule has 1 unspecified atom stereocenters. The number of hydrogen-bond donors (Lipinski definition) is 2. The fourth-order valence-electron chi connectivity index (χ4n) is 3.59. The Hall–Kier alpha value is -2.64. The van der Waals surface area contributed by atoms with Gasteiger partial charge < -0.3 is 15.4 Å². The van der Waals surface area contributed by atoms with Gasteiger partial charge in [-0.15, -0.1) is 12.4 Å². The van der Waals surface area contributed by atoms with Crippen LogP contribution in [0.3, 0.4) is 0 Å². The van der Waals surface area contributed by atoms with Crippen LogP contribution in [-0.4, -0.2) is 40.7 Å². The van der Waals surface area contributed by atoms with Crippen LogP contribution in [0, 0.1) is 5.92 Å². The Labute approximate surface area is 169 Å². The molecule has 1 fully saturated rings. The minimum Gasteiger partial charge on any atom is -0.496 e. The van der Waals surface area contributed by atoms with Gasteiger partial charge in [0, 0.05) is 5.56 Å². The fraction of sp³-hybridized carbons (Fsp3) is 0.350. The highest BCUT2D eigenvalue weighted by molar-refractivity contribution is 5.94. The molecule has 1 atom stereocenters. The molecule has 1 aliphatic rings. The van der Waals surface area contributed by atoms with Crippen LogP contribution in [0.4, 0.5) is 0 Å². The number of ether oxygens (including phenoxy) is 1. The lowest BCUT2D eigenvalue weighted by atomic mass is 9.96. The first-order valence-electron chi connectivity index (χ1n) is 9.18. The minimum absolute atomic E-state index is 0. The molecule has 1 saturated heterocycles. The number of benzene rings is 1. The zero-order chi connectivity index (χ0) is 18.6. The van der Waals surface area contributed by atoms with E-state index in [4.69, 9.17) is 4.74 Å². The van der Waals surface area contributed by atoms with Gasteiger partial charge in [0.15, 0.2) is 5.65 Å². The maximum Gasteiger partial charge on any atom is 0.251 e. The summed E-state index contributed by atoms with van der Waals surface area (Å²) < 4.78 is 7.22. The quantitative estimate of drug-likeness (QED) is 0.662. The fourth-order valence-corrected chi connectivity index (χ4v) is 3.59. The van der Waals surface area contributed by atoms with Gasteiger partial charge in [-0.25, -0.2) is 9.50 Å². The van der Waals surface area contributed by atoms with Crippen molar-refractivity contribution in [3.8, 4) is 5.75 Å². The van der Waals surface area contributed by atoms with E-state index >= 15 is 0 Å². The molecule has 2 N–H and O–H groups in total. The van der Waals surface area contributed by atoms with E-state index in [9.17, 15) is 4.79 Å². The number of rotatable bonds is 6. The van der Waals surface area contributed by atoms with Crippen LogP contribution >= 0.6 is 12.4 Å². The average molecular weight is 402 g/mol. The Morgan fingerprint density at radius 2 is 2.25 bits per heavy atom. The summed E-state index contributed by atoms with van der Waals surface area (Å²) in [5.41, 5.74) is 3.36. The molecule has 0 spiro atoms. The zero-order valence-corrected chi connectivity index (χ0v) is 16.5. The molecule has 0 saturated carbocycles. The van der Waals surface area contributed by atoms with Gasteiger partial charge >= 0.3 is 0 Å². The molecule has 8 heteroatoms. The number of methoxy groups -OCH3 is 1. The third-order valence-electron chi connectivity index (χ3n) is 5.02. The van der Waals surface area contributed by atoms with Gasteiger partial charge in [-0.3, -0.25) is 4.79 Å². The first kappa shape index (κ1) is 20.1. The van der Waals surface area contributed by atoms with E-state index in [2.05, 4.69) is 20.7 Å². The highest BCUT2D eigenvalue weighted by Gasteiger charge is 2.18. The van der Waals surface area contributed by atoms with Crippen molar-refractivity contribution in [3.63, 3.8) is 0 Å². The lowest BCUT2D eigenvalue weighted by Crippen LogP contribution is -2.24. The SMILES string of the molecule is COc1ccc(C(=O)NCc2cccc3ncnn23)cc1CC1CCNC1.Cl. The van der Waals surface area contributed by atoms with Crippen molar-refractivity contribution in [3.05, 3.63) is 59.5 Å². The predicted octanol–water partition coefficient (Wildman–Crippen LogP) is 2.24. The summed E-state index contributed by atoms with van der Waals surface area (Å²) in [5, 5.41) is 10.6. The number of carbonyl (C=O) groups excluding carboxylic acids is 1. The Morgan fingerprint density at radius 1 is 1.36 bits per heavy atom. The number of halogens is 1. The van der Waals surface area contributed by atoms with Gasteiger partial charge in [0.25, 0.3) is 5.91 Å². The van der Waals surface area contributed by atoms with Crippen molar-refractivity contribution < 1.29 is 9.53 Å². The molecule has 0 radical (unpaired) electrons. The number of fused-ring (bicyclic) bond motifs is 1. The summed E-state index contributed by atoms with van der Waals surface area (Å²) in [5.74, 6) is 1.31. The van der Waals surface area contributed by atoms with Crippen LogP contribution in [0.15, 0.2) is 42.7 Å². The normalized spacial score (nSPS) is 16.0. The molecule has 0 bridgehead atoms. The molecule has 3 heterocycles. The van der Waals surface area contributed by atoms with Gasteiger partial charge in [0.2, 0.25) is 0 Å². The second-order valence-corrected chi connectivity index (χ2v) is 6.82. The Bertz CT molecular complexity index is 953. The summed E-state index contributed by atoms with van der Waals surface area (Å²) in [6.07, 6.45) is 3.57. The maximum absolute atomic E-state index is 12.7. The smallest absolute Gasteiger partial charge is 0.251 e. The van der Waals surface area contributed by atoms with Gasteiger partial charge in [-0.05, 0) is 67.7 Å². The molecular formula is C20H24ClN5O2. The molecule has 1 aromatic carbocycles. The largest absolute Gasteiger partial charge is 0.496 e. The summed E-state index contributed by atoms with van der Waals surface area (Å²) in [6, 6.07) is 11.3. The lowest BCUT2D eigenvalue weighted by Gasteiger charge is -2.14. The zero-order valence-electron chi connectivity index (χ0n) is 15.7. The van der Waals surface area contributed by atoms with Crippen LogP contribution in [0.5, 0.6) is 5.75 Å². The first-order chi connectivity index (χ1) is 13.2. The molecule has 1 aliphatic heterocycles. The number of nitrogens with zero attached hydrogens (tertiary/aromatic N) is 3. The third kappa shape index (κ3) is 4.26. The second-order valence-electron chi connectivity index (χ2n) is 6.82. The van der Waals surface area contributed by atoms with Crippen molar-refractivity contribution in [2.45, 2.75) is 19.4 Å². The van der Waals surface area contributed by atoms with E-state index in [0.717, 1.165) is 48.6 Å². The molecule has 3 aromatic rings. The molecule has 7 nitrogen and oxygen atoms in total. The first-order valence-corrected chi connectivity index (χ1v) is 9.18. The van der Waals surface area contributed by atoms with Gasteiger partial charge in [-0.1, -0.05) is 6.07 Å². The Balaban J connectivity index is 0.00000225. The summed E-state index contributed by atoms with van der Waals surface area (Å²) >= 11 is 0. The number of nitrogens with one attached hydrogen (secondary N) is 2. The minimum atomic E-state index is -0.111. The number of aromatic nitrogens is 3. The van der Waals surface area contributed by atoms with Gasteiger partial charge in [-0.2, -0.15) is 5.10 Å². The number of amides is 1. The molecule has 2 aromatic heterocycles. The average Bonchev–Trinajstić information content (AvgIpc) is 3.37. The highest BCUT2D eigenvalue weighted by atomic mass is 35.5. The van der Waals surface area contributed by atoms with E-state index in [0.29, 0.717) is 18.0 Å². The molecule has 148 valence electrons. The molecule has 28 heavy (non-hydrogen) atoms. The van der Waals surface area contributed by atoms with Crippen LogP contribution < -0.4 is 15.4 Å². The molecule has 0 aliphatic carbocycles. The summed E-state index contributed by atoms with van der Waals surface area (Å²) in [4.78, 5) is 16.8. The van der Waals surface area contributed by atoms with E-state index in [-0.39, 0.29) is 18.3 Å². The van der Waals surface area contributed by atoms with Crippen molar-refractivity contribution in [2.75, 3.05) is 20.2 Å². The molecular weight excluding hydrogens is 378 g/mol. The van der Waals surface area contributed by atoms with Crippen LogP contribution in [0.2, 0.25) is 0 Å². The lowest BCUT2D eigenvalue weighted by molar-refractivity contribution is 0.0950. The Morgan fingerprint density at radius 3 is 3.04 bits per heavy atom. The second kappa shape index (κ2) is 9.03. The number of carbonyl (C=O) groups is 1. The predicted molar refractivity (Wildman–Crippen MR) is 109 cm³/mol. The van der Waals surface area contributed by atoms with Crippen molar-refractivity contribution in [2.24, 2.45) is 5.92 Å². The van der Waals surface area contributed by atoms with Crippen LogP contribution in [0.25, 0.3) is 5.65 Å². The van der Waals surface area contributed by atoms with Crippen LogP contribution in [-0.2, 0) is 13.0 Å². The third-order valence-corrected chi connectivity index (χ3v) is 5.02. The number of hydrogen-bond acceptors (Lipinski definition) is 5. The standard InChI is InChI=1S/C20H23N5O2.ClH/c1-27-18-6-5-15(10-16(18)9-14-7-8-21-11-14)20(26)22-12-17-3-2-4-19-23-13-24-25(17)19;/h2-6,10,13-14,21H,7-9,11-12H2,1H3,(H,22,26);1H. The van der Waals surface area contributed by atoms with E-state index in [1.54, 1.807) is 17.7 Å². The molecule has 4 rings (SSSR count). The van der Waals surface area contributed by atoms with E-state index in [1.165, 1.54) is 6.33 Å². The monoisotopic (exact) mass is 401 g/mol. The van der Waals surface area contributed by atoms with Gasteiger partial charge in [0.05, 0.1) is 19.3 Å². The van der Waals surface area contributed by atoms with Crippen molar-refractivity contribution in [1.29, 1.82) is 0 Å². The van der Waals surface area contributed by atoms with Crippen molar-refractivity contribution in [1.82, 2.24) is 25.2 Å². The van der Waals surface area contributed by atoms with Gasteiger partial charge in [0.1, 0.15) is 12.1 Å². The van der Waals surface area contributed by atoms with E-state index in [1.807, 2.05) is 30.3 Å². The topological polar surface area (TPSA) is 80.5 Å². The highest BCUT2D eigenvalue weighted by Crippen LogP contribution is 2.25. The van der Waals surface area contributed by atoms with Crippen molar-refractivity contribution >= 4 is 24.0 Å². The van der Waals surface area contributed by atoms with E-state index < -0.39 is 0 Å². The Kier molecular flexibility index (Phi) is 6.49. The molecule has 1 amide bonds. The summed E-state index contributed by atoms with van der Waals surface area (Å²) in [6.45, 7) is 2.45. The van der Waals surface area contributed by atoms with Crippen LogP contribution in [0.1, 0.15) is 28.0 Å².